The Morgan fingerprint density at radius 1 is 1.32 bits per heavy atom. The van der Waals surface area contributed by atoms with E-state index in [1.165, 1.54) is 41.6 Å². The number of aromatic nitrogens is 4. The third-order valence-corrected chi connectivity index (χ3v) is 7.98. The molecule has 0 aliphatic carbocycles. The number of benzene rings is 2. The lowest BCUT2D eigenvalue weighted by Gasteiger charge is -2.14. The number of rotatable bonds is 12. The third kappa shape index (κ3) is 7.16. The predicted octanol–water partition coefficient (Wildman–Crippen LogP) is 6.75. The Labute approximate surface area is 230 Å². The Kier molecular flexibility index (Phi) is 9.30. The number of fused-ring (bicyclic) bond motifs is 1. The lowest BCUT2D eigenvalue weighted by molar-refractivity contribution is -0.136. The summed E-state index contributed by atoms with van der Waals surface area (Å²) in [4.78, 5) is 19.5. The SMILES string of the molecule is CCOc1cc2ncnc(Nc3ccc(F)c(Cl)c3)c2cc1CCCn1nc(SCCC(=O)O)sc1=S. The van der Waals surface area contributed by atoms with E-state index in [-0.39, 0.29) is 11.4 Å². The molecule has 2 heterocycles. The number of nitrogens with zero attached hydrogens (tertiary/aromatic N) is 4. The molecule has 0 bridgehead atoms. The van der Waals surface area contributed by atoms with Gasteiger partial charge < -0.3 is 15.2 Å². The van der Waals surface area contributed by atoms with E-state index in [2.05, 4.69) is 20.4 Å². The summed E-state index contributed by atoms with van der Waals surface area (Å²) < 4.78 is 22.7. The van der Waals surface area contributed by atoms with Gasteiger partial charge in [0, 0.05) is 29.4 Å². The Balaban J connectivity index is 1.52. The van der Waals surface area contributed by atoms with Gasteiger partial charge in [0.25, 0.3) is 0 Å². The molecule has 0 spiro atoms. The highest BCUT2D eigenvalue weighted by Gasteiger charge is 2.13. The molecule has 194 valence electrons. The van der Waals surface area contributed by atoms with Gasteiger partial charge in [-0.05, 0) is 61.8 Å². The summed E-state index contributed by atoms with van der Waals surface area (Å²) in [6, 6.07) is 8.29. The van der Waals surface area contributed by atoms with E-state index < -0.39 is 11.8 Å². The smallest absolute Gasteiger partial charge is 0.304 e. The number of carboxylic acid groups (broad SMARTS) is 1. The van der Waals surface area contributed by atoms with E-state index in [0.29, 0.717) is 46.3 Å². The minimum Gasteiger partial charge on any atom is -0.494 e. The van der Waals surface area contributed by atoms with Crippen LogP contribution in [0.15, 0.2) is 41.0 Å². The standard InChI is InChI=1S/C24H23ClFN5O3S3/c1-2-34-20-12-19-16(22(28-13-27-19)29-15-5-6-18(26)17(25)11-15)10-14(20)4-3-8-31-24(35)37-23(30-31)36-9-7-21(32)33/h5-6,10-13H,2-4,7-9H2,1H3,(H,32,33)(H,27,28,29). The molecule has 0 aliphatic heterocycles. The average molecular weight is 580 g/mol. The van der Waals surface area contributed by atoms with E-state index in [4.69, 9.17) is 33.7 Å². The van der Waals surface area contributed by atoms with Gasteiger partial charge in [0.15, 0.2) is 8.29 Å². The topological polar surface area (TPSA) is 102 Å². The summed E-state index contributed by atoms with van der Waals surface area (Å²) in [7, 11) is 0. The zero-order valence-electron chi connectivity index (χ0n) is 19.7. The first kappa shape index (κ1) is 27.2. The van der Waals surface area contributed by atoms with Crippen molar-refractivity contribution in [2.45, 2.75) is 37.1 Å². The van der Waals surface area contributed by atoms with Gasteiger partial charge in [-0.15, -0.1) is 0 Å². The molecule has 13 heteroatoms. The minimum atomic E-state index is -0.832. The van der Waals surface area contributed by atoms with Crippen LogP contribution in [0.3, 0.4) is 0 Å². The first-order valence-corrected chi connectivity index (χ1v) is 14.0. The summed E-state index contributed by atoms with van der Waals surface area (Å²) >= 11 is 14.2. The maximum atomic E-state index is 13.6. The van der Waals surface area contributed by atoms with Crippen LogP contribution in [0, 0.1) is 9.77 Å². The van der Waals surface area contributed by atoms with E-state index >= 15 is 0 Å². The van der Waals surface area contributed by atoms with Crippen molar-refractivity contribution in [3.8, 4) is 5.75 Å². The molecule has 37 heavy (non-hydrogen) atoms. The quantitative estimate of drug-likeness (QED) is 0.139. The molecule has 4 aromatic rings. The highest BCUT2D eigenvalue weighted by Crippen LogP contribution is 2.32. The number of ether oxygens (including phenoxy) is 1. The average Bonchev–Trinajstić information content (AvgIpc) is 3.21. The van der Waals surface area contributed by atoms with Crippen molar-refractivity contribution in [3.63, 3.8) is 0 Å². The van der Waals surface area contributed by atoms with Crippen molar-refractivity contribution in [2.24, 2.45) is 0 Å². The van der Waals surface area contributed by atoms with E-state index in [1.807, 2.05) is 19.1 Å². The van der Waals surface area contributed by atoms with Crippen LogP contribution in [0.4, 0.5) is 15.9 Å². The van der Waals surface area contributed by atoms with E-state index in [1.54, 1.807) is 10.7 Å². The van der Waals surface area contributed by atoms with Gasteiger partial charge in [0.2, 0.25) is 0 Å². The summed E-state index contributed by atoms with van der Waals surface area (Å²) in [5.41, 5.74) is 2.31. The van der Waals surface area contributed by atoms with Crippen LogP contribution in [-0.4, -0.2) is 43.2 Å². The molecule has 2 aromatic carbocycles. The number of halogens is 2. The molecule has 0 fully saturated rings. The first-order chi connectivity index (χ1) is 17.8. The van der Waals surface area contributed by atoms with Gasteiger partial charge >= 0.3 is 5.97 Å². The van der Waals surface area contributed by atoms with Gasteiger partial charge in [-0.25, -0.2) is 19.0 Å². The fourth-order valence-corrected chi connectivity index (χ4v) is 6.12. The minimum absolute atomic E-state index is 0.0202. The lowest BCUT2D eigenvalue weighted by atomic mass is 10.0. The maximum absolute atomic E-state index is 13.6. The van der Waals surface area contributed by atoms with Gasteiger partial charge in [0.05, 0.1) is 23.6 Å². The third-order valence-electron chi connectivity index (χ3n) is 5.25. The van der Waals surface area contributed by atoms with Crippen LogP contribution >= 0.6 is 46.9 Å². The fraction of sp³-hybridized carbons (Fsp3) is 0.292. The summed E-state index contributed by atoms with van der Waals surface area (Å²) in [5, 5.41) is 17.4. The van der Waals surface area contributed by atoms with Crippen molar-refractivity contribution >= 4 is 75.3 Å². The number of carbonyl (C=O) groups is 1. The second-order valence-electron chi connectivity index (χ2n) is 7.84. The number of aliphatic carboxylic acids is 1. The molecule has 8 nitrogen and oxygen atoms in total. The van der Waals surface area contributed by atoms with Crippen LogP contribution < -0.4 is 10.1 Å². The molecule has 0 saturated heterocycles. The zero-order chi connectivity index (χ0) is 26.4. The Hall–Kier alpha value is -2.80. The number of thioether (sulfide) groups is 1. The second kappa shape index (κ2) is 12.6. The van der Waals surface area contributed by atoms with Crippen LogP contribution in [0.5, 0.6) is 5.75 Å². The number of aryl methyl sites for hydroxylation is 2. The van der Waals surface area contributed by atoms with Crippen LogP contribution in [0.25, 0.3) is 10.9 Å². The van der Waals surface area contributed by atoms with Crippen molar-refractivity contribution in [3.05, 3.63) is 57.0 Å². The normalized spacial score (nSPS) is 11.1. The van der Waals surface area contributed by atoms with Crippen molar-refractivity contribution in [1.82, 2.24) is 19.7 Å². The Morgan fingerprint density at radius 3 is 2.92 bits per heavy atom. The molecule has 0 atom stereocenters. The van der Waals surface area contributed by atoms with Crippen LogP contribution in [-0.2, 0) is 17.8 Å². The number of hydrogen-bond acceptors (Lipinski definition) is 9. The molecule has 0 unspecified atom stereocenters. The van der Waals surface area contributed by atoms with Crippen LogP contribution in [0.1, 0.15) is 25.3 Å². The summed E-state index contributed by atoms with van der Waals surface area (Å²) in [6.07, 6.45) is 2.99. The molecule has 2 N–H and O–H groups in total. The molecular weight excluding hydrogens is 557 g/mol. The molecule has 4 rings (SSSR count). The lowest BCUT2D eigenvalue weighted by Crippen LogP contribution is -2.04. The highest BCUT2D eigenvalue weighted by atomic mass is 35.5. The molecule has 0 radical (unpaired) electrons. The van der Waals surface area contributed by atoms with Crippen molar-refractivity contribution in [1.29, 1.82) is 0 Å². The van der Waals surface area contributed by atoms with Crippen LogP contribution in [0.2, 0.25) is 5.02 Å². The molecule has 2 aromatic heterocycles. The fourth-order valence-electron chi connectivity index (χ4n) is 3.56. The molecular formula is C24H23ClFN5O3S3. The summed E-state index contributed by atoms with van der Waals surface area (Å²) in [6.45, 7) is 3.05. The van der Waals surface area contributed by atoms with Crippen molar-refractivity contribution in [2.75, 3.05) is 17.7 Å². The maximum Gasteiger partial charge on any atom is 0.304 e. The number of hydrogen-bond donors (Lipinski definition) is 2. The van der Waals surface area contributed by atoms with E-state index in [9.17, 15) is 9.18 Å². The van der Waals surface area contributed by atoms with E-state index in [0.717, 1.165) is 27.5 Å². The van der Waals surface area contributed by atoms with Gasteiger partial charge in [-0.3, -0.25) is 4.79 Å². The summed E-state index contributed by atoms with van der Waals surface area (Å²) in [5.74, 6) is 0.448. The zero-order valence-corrected chi connectivity index (χ0v) is 22.9. The largest absolute Gasteiger partial charge is 0.494 e. The first-order valence-electron chi connectivity index (χ1n) is 11.4. The van der Waals surface area contributed by atoms with Gasteiger partial charge in [0.1, 0.15) is 23.7 Å². The van der Waals surface area contributed by atoms with Crippen molar-refractivity contribution < 1.29 is 19.0 Å². The molecule has 0 aliphatic rings. The highest BCUT2D eigenvalue weighted by molar-refractivity contribution is 8.01. The number of anilines is 2. The van der Waals surface area contributed by atoms with Gasteiger partial charge in [-0.2, -0.15) is 5.10 Å². The number of carboxylic acids is 1. The second-order valence-corrected chi connectivity index (χ2v) is 11.2. The predicted molar refractivity (Wildman–Crippen MR) is 148 cm³/mol. The monoisotopic (exact) mass is 579 g/mol. The van der Waals surface area contributed by atoms with Gasteiger partial charge in [-0.1, -0.05) is 34.7 Å². The Morgan fingerprint density at radius 2 is 2.16 bits per heavy atom. The molecule has 0 saturated carbocycles. The number of nitrogens with one attached hydrogen (secondary N) is 1. The molecule has 0 amide bonds. The Bertz CT molecular complexity index is 1480.